The number of hydrogen-bond acceptors (Lipinski definition) is 3. The second-order valence-corrected chi connectivity index (χ2v) is 6.81. The van der Waals surface area contributed by atoms with E-state index in [0.717, 1.165) is 31.7 Å². The van der Waals surface area contributed by atoms with E-state index >= 15 is 0 Å². The second-order valence-electron chi connectivity index (χ2n) is 6.81. The highest BCUT2D eigenvalue weighted by molar-refractivity contribution is 5.69. The molecule has 0 aromatic rings. The van der Waals surface area contributed by atoms with E-state index in [9.17, 15) is 4.79 Å². The molecule has 2 N–H and O–H groups in total. The van der Waals surface area contributed by atoms with Gasteiger partial charge in [0.25, 0.3) is 0 Å². The molecule has 0 radical (unpaired) electrons. The van der Waals surface area contributed by atoms with E-state index in [-0.39, 0.29) is 11.6 Å². The first-order chi connectivity index (χ1) is 8.36. The molecule has 18 heavy (non-hydrogen) atoms. The summed E-state index contributed by atoms with van der Waals surface area (Å²) in [5, 5.41) is 0. The Morgan fingerprint density at radius 1 is 1.44 bits per heavy atom. The van der Waals surface area contributed by atoms with Gasteiger partial charge in [0.2, 0.25) is 0 Å². The molecule has 1 saturated heterocycles. The summed E-state index contributed by atoms with van der Waals surface area (Å²) in [4.78, 5) is 14.2. The molecular weight excluding hydrogens is 228 g/mol. The van der Waals surface area contributed by atoms with Crippen LogP contribution >= 0.6 is 0 Å². The zero-order chi connectivity index (χ0) is 13.4. The molecule has 104 valence electrons. The van der Waals surface area contributed by atoms with E-state index < -0.39 is 5.60 Å². The first-order valence-corrected chi connectivity index (χ1v) is 7.07. The molecule has 2 aliphatic rings. The Kier molecular flexibility index (Phi) is 3.58. The van der Waals surface area contributed by atoms with E-state index in [1.807, 2.05) is 25.7 Å². The van der Waals surface area contributed by atoms with Crippen molar-refractivity contribution >= 4 is 6.09 Å². The van der Waals surface area contributed by atoms with Gasteiger partial charge in [-0.25, -0.2) is 4.79 Å². The quantitative estimate of drug-likeness (QED) is 0.842. The summed E-state index contributed by atoms with van der Waals surface area (Å²) < 4.78 is 5.51. The summed E-state index contributed by atoms with van der Waals surface area (Å²) in [6.07, 6.45) is 5.53. The smallest absolute Gasteiger partial charge is 0.410 e. The van der Waals surface area contributed by atoms with Crippen molar-refractivity contribution < 1.29 is 9.53 Å². The predicted molar refractivity (Wildman–Crippen MR) is 71.3 cm³/mol. The molecular formula is C14H26N2O2. The van der Waals surface area contributed by atoms with Gasteiger partial charge < -0.3 is 15.4 Å². The number of likely N-dealkylation sites (tertiary alicyclic amines) is 1. The van der Waals surface area contributed by atoms with Crippen LogP contribution in [0.1, 0.15) is 52.9 Å². The first-order valence-electron chi connectivity index (χ1n) is 7.07. The molecule has 2 rings (SSSR count). The third-order valence-corrected chi connectivity index (χ3v) is 3.96. The molecule has 4 nitrogen and oxygen atoms in total. The third-order valence-electron chi connectivity index (χ3n) is 3.96. The summed E-state index contributed by atoms with van der Waals surface area (Å²) in [7, 11) is 0. The number of amides is 1. The fourth-order valence-corrected chi connectivity index (χ4v) is 2.91. The number of rotatable bonds is 3. The molecule has 1 heterocycles. The Morgan fingerprint density at radius 2 is 2.11 bits per heavy atom. The predicted octanol–water partition coefficient (Wildman–Crippen LogP) is 2.51. The summed E-state index contributed by atoms with van der Waals surface area (Å²) in [5.74, 6) is 0.775. The molecule has 1 saturated carbocycles. The minimum atomic E-state index is -0.431. The van der Waals surface area contributed by atoms with Gasteiger partial charge in [-0.2, -0.15) is 0 Å². The zero-order valence-electron chi connectivity index (χ0n) is 11.9. The summed E-state index contributed by atoms with van der Waals surface area (Å²) in [5.41, 5.74) is 5.42. The molecule has 1 aliphatic carbocycles. The van der Waals surface area contributed by atoms with Crippen LogP contribution in [-0.4, -0.2) is 35.2 Å². The molecule has 1 amide bonds. The minimum absolute atomic E-state index is 0.135. The van der Waals surface area contributed by atoms with Crippen molar-refractivity contribution in [2.45, 2.75) is 64.0 Å². The lowest BCUT2D eigenvalue weighted by Gasteiger charge is -2.38. The Balaban J connectivity index is 2.06. The van der Waals surface area contributed by atoms with Gasteiger partial charge in [-0.05, 0) is 46.0 Å². The average Bonchev–Trinajstić information content (AvgIpc) is 2.93. The van der Waals surface area contributed by atoms with Gasteiger partial charge in [0, 0.05) is 13.1 Å². The van der Waals surface area contributed by atoms with E-state index in [1.54, 1.807) is 0 Å². The van der Waals surface area contributed by atoms with Crippen molar-refractivity contribution in [2.24, 2.45) is 11.7 Å². The number of carbonyl (C=O) groups excluding carboxylic acids is 1. The van der Waals surface area contributed by atoms with E-state index in [4.69, 9.17) is 10.5 Å². The van der Waals surface area contributed by atoms with Gasteiger partial charge in [-0.1, -0.05) is 12.8 Å². The highest BCUT2D eigenvalue weighted by Crippen LogP contribution is 2.43. The van der Waals surface area contributed by atoms with Crippen LogP contribution in [0.2, 0.25) is 0 Å². The summed E-state index contributed by atoms with van der Waals surface area (Å²) in [6.45, 7) is 7.07. The number of hydrogen-bond donors (Lipinski definition) is 1. The van der Waals surface area contributed by atoms with Crippen LogP contribution in [0.15, 0.2) is 0 Å². The molecule has 2 fully saturated rings. The van der Waals surface area contributed by atoms with Crippen molar-refractivity contribution in [1.29, 1.82) is 0 Å². The first kappa shape index (κ1) is 13.7. The van der Waals surface area contributed by atoms with Crippen molar-refractivity contribution in [3.05, 3.63) is 0 Å². The SMILES string of the molecule is CC(C)(C)OC(=O)N1CCC[C@@]1(CN)CC1CC1. The maximum Gasteiger partial charge on any atom is 0.410 e. The van der Waals surface area contributed by atoms with Crippen LogP contribution < -0.4 is 5.73 Å². The lowest BCUT2D eigenvalue weighted by Crippen LogP contribution is -2.53. The molecule has 0 aromatic heterocycles. The fourth-order valence-electron chi connectivity index (χ4n) is 2.91. The van der Waals surface area contributed by atoms with E-state index in [2.05, 4.69) is 0 Å². The van der Waals surface area contributed by atoms with Crippen molar-refractivity contribution in [1.82, 2.24) is 4.90 Å². The van der Waals surface area contributed by atoms with Crippen LogP contribution in [0.5, 0.6) is 0 Å². The molecule has 0 aromatic carbocycles. The largest absolute Gasteiger partial charge is 0.444 e. The third kappa shape index (κ3) is 2.97. The van der Waals surface area contributed by atoms with Gasteiger partial charge in [-0.15, -0.1) is 0 Å². The standard InChI is InChI=1S/C14H26N2O2/c1-13(2,3)18-12(17)16-8-4-7-14(16,10-15)9-11-5-6-11/h11H,4-10,15H2,1-3H3/t14-/m0/s1. The minimum Gasteiger partial charge on any atom is -0.444 e. The molecule has 4 heteroatoms. The second kappa shape index (κ2) is 4.72. The summed E-state index contributed by atoms with van der Waals surface area (Å²) >= 11 is 0. The molecule has 1 atom stereocenters. The Labute approximate surface area is 110 Å². The lowest BCUT2D eigenvalue weighted by molar-refractivity contribution is 0.00675. The number of carbonyl (C=O) groups is 1. The zero-order valence-corrected chi connectivity index (χ0v) is 11.9. The van der Waals surface area contributed by atoms with Crippen molar-refractivity contribution in [3.63, 3.8) is 0 Å². The number of nitrogens with two attached hydrogens (primary N) is 1. The maximum absolute atomic E-state index is 12.3. The number of ether oxygens (including phenoxy) is 1. The van der Waals surface area contributed by atoms with Gasteiger partial charge in [0.15, 0.2) is 0 Å². The van der Waals surface area contributed by atoms with Crippen LogP contribution in [0.25, 0.3) is 0 Å². The van der Waals surface area contributed by atoms with Crippen LogP contribution in [0.3, 0.4) is 0 Å². The lowest BCUT2D eigenvalue weighted by atomic mass is 9.90. The Hall–Kier alpha value is -0.770. The average molecular weight is 254 g/mol. The van der Waals surface area contributed by atoms with Crippen molar-refractivity contribution in [2.75, 3.05) is 13.1 Å². The number of nitrogens with zero attached hydrogens (tertiary/aromatic N) is 1. The van der Waals surface area contributed by atoms with Gasteiger partial charge in [0.05, 0.1) is 5.54 Å². The van der Waals surface area contributed by atoms with Gasteiger partial charge >= 0.3 is 6.09 Å². The normalized spacial score (nSPS) is 28.6. The monoisotopic (exact) mass is 254 g/mol. The fraction of sp³-hybridized carbons (Fsp3) is 0.929. The Morgan fingerprint density at radius 3 is 2.61 bits per heavy atom. The van der Waals surface area contributed by atoms with Crippen LogP contribution in [0, 0.1) is 5.92 Å². The van der Waals surface area contributed by atoms with Gasteiger partial charge in [-0.3, -0.25) is 0 Å². The topological polar surface area (TPSA) is 55.6 Å². The van der Waals surface area contributed by atoms with E-state index in [1.165, 1.54) is 12.8 Å². The van der Waals surface area contributed by atoms with Gasteiger partial charge in [0.1, 0.15) is 5.60 Å². The molecule has 0 unspecified atom stereocenters. The molecule has 1 aliphatic heterocycles. The van der Waals surface area contributed by atoms with Crippen molar-refractivity contribution in [3.8, 4) is 0 Å². The summed E-state index contributed by atoms with van der Waals surface area (Å²) in [6, 6.07) is 0. The van der Waals surface area contributed by atoms with Crippen LogP contribution in [-0.2, 0) is 4.74 Å². The van der Waals surface area contributed by atoms with Crippen LogP contribution in [0.4, 0.5) is 4.79 Å². The highest BCUT2D eigenvalue weighted by Gasteiger charge is 2.46. The Bertz CT molecular complexity index is 320. The van der Waals surface area contributed by atoms with E-state index in [0.29, 0.717) is 6.54 Å². The highest BCUT2D eigenvalue weighted by atomic mass is 16.6. The molecule has 0 spiro atoms. The maximum atomic E-state index is 12.3. The molecule has 0 bridgehead atoms.